The largest absolute Gasteiger partial charge is 0.507 e. The molecule has 0 spiro atoms. The number of phenols is 1. The van der Waals surface area contributed by atoms with Gasteiger partial charge in [-0.25, -0.2) is 4.39 Å². The molecule has 8 nitrogen and oxygen atoms in total. The van der Waals surface area contributed by atoms with E-state index in [9.17, 15) is 47.4 Å². The van der Waals surface area contributed by atoms with E-state index in [-0.39, 0.29) is 18.4 Å². The number of ketones is 4. The van der Waals surface area contributed by atoms with Crippen molar-refractivity contribution in [3.8, 4) is 5.75 Å². The number of phenolic OH excluding ortho intramolecular Hbond substituents is 1. The zero-order valence-corrected chi connectivity index (χ0v) is 16.2. The van der Waals surface area contributed by atoms with Crippen molar-refractivity contribution in [3.05, 3.63) is 34.9 Å². The molecule has 3 aliphatic carbocycles. The van der Waals surface area contributed by atoms with E-state index >= 15 is 0 Å². The molecule has 2 saturated carbocycles. The first-order valence-corrected chi connectivity index (χ1v) is 9.64. The van der Waals surface area contributed by atoms with Crippen molar-refractivity contribution in [2.24, 2.45) is 29.4 Å². The van der Waals surface area contributed by atoms with Gasteiger partial charge in [0.1, 0.15) is 5.75 Å². The number of nitrogens with two attached hydrogens (primary N) is 1. The minimum Gasteiger partial charge on any atom is -0.507 e. The van der Waals surface area contributed by atoms with E-state index in [4.69, 9.17) is 5.73 Å². The number of hydrogen-bond acceptors (Lipinski definition) is 7. The third-order valence-electron chi connectivity index (χ3n) is 6.69. The van der Waals surface area contributed by atoms with Gasteiger partial charge in [-0.1, -0.05) is 0 Å². The van der Waals surface area contributed by atoms with Crippen molar-refractivity contribution in [3.63, 3.8) is 0 Å². The highest BCUT2D eigenvalue weighted by Crippen LogP contribution is 2.50. The van der Waals surface area contributed by atoms with Crippen LogP contribution in [0.15, 0.2) is 18.2 Å². The Bertz CT molecular complexity index is 1160. The topological polar surface area (TPSA) is 152 Å². The van der Waals surface area contributed by atoms with Crippen LogP contribution in [-0.2, 0) is 25.6 Å². The zero-order chi connectivity index (χ0) is 23.7. The third-order valence-corrected chi connectivity index (χ3v) is 6.69. The quantitative estimate of drug-likeness (QED) is 0.564. The molecule has 0 radical (unpaired) electrons. The Balaban J connectivity index is 1.85. The number of benzene rings is 1. The number of primary amides is 1. The summed E-state index contributed by atoms with van der Waals surface area (Å²) in [5.41, 5.74) is 0.857. The Morgan fingerprint density at radius 1 is 1.06 bits per heavy atom. The zero-order valence-electron chi connectivity index (χ0n) is 16.2. The molecule has 4 N–H and O–H groups in total. The number of Topliss-reactive ketones (excluding diaryl/α,β-unsaturated/α-hetero) is 4. The number of halogens is 3. The maximum Gasteiger partial charge on any atom is 0.306 e. The molecule has 5 atom stereocenters. The van der Waals surface area contributed by atoms with Gasteiger partial charge in [-0.3, -0.25) is 24.0 Å². The summed E-state index contributed by atoms with van der Waals surface area (Å²) in [6.45, 7) is 0. The van der Waals surface area contributed by atoms with Crippen molar-refractivity contribution >= 4 is 34.9 Å². The third kappa shape index (κ3) is 2.77. The van der Waals surface area contributed by atoms with E-state index in [0.29, 0.717) is 0 Å². The van der Waals surface area contributed by atoms with E-state index in [2.05, 4.69) is 0 Å². The number of amides is 1. The van der Waals surface area contributed by atoms with E-state index in [0.717, 1.165) is 12.1 Å². The highest BCUT2D eigenvalue weighted by molar-refractivity contribution is 6.31. The summed E-state index contributed by atoms with van der Waals surface area (Å²) >= 11 is 0. The van der Waals surface area contributed by atoms with Crippen LogP contribution < -0.4 is 5.73 Å². The predicted molar refractivity (Wildman–Crippen MR) is 98.7 cm³/mol. The number of rotatable bonds is 2. The van der Waals surface area contributed by atoms with Crippen LogP contribution in [0.4, 0.5) is 13.2 Å². The van der Waals surface area contributed by atoms with Crippen LogP contribution >= 0.6 is 0 Å². The highest BCUT2D eigenvalue weighted by Gasteiger charge is 2.66. The van der Waals surface area contributed by atoms with Crippen molar-refractivity contribution in [2.45, 2.75) is 24.9 Å². The SMILES string of the molecule is NC(=O)C1C(=O)C[C@@H]2C[C@@H]3Cc4c(C(F)=C(F)F)ccc(O)c4C(=O)C3C(=O)[C@]2(O)C1=O. The Morgan fingerprint density at radius 2 is 1.72 bits per heavy atom. The lowest BCUT2D eigenvalue weighted by Crippen LogP contribution is -2.68. The van der Waals surface area contributed by atoms with Crippen LogP contribution in [0, 0.1) is 23.7 Å². The first kappa shape index (κ1) is 21.9. The Labute approximate surface area is 177 Å². The number of carbonyl (C=O) groups is 5. The van der Waals surface area contributed by atoms with Crippen LogP contribution in [0.3, 0.4) is 0 Å². The number of aromatic hydroxyl groups is 1. The molecule has 1 aromatic carbocycles. The highest BCUT2D eigenvalue weighted by atomic mass is 19.3. The molecular formula is C21H16F3NO7. The summed E-state index contributed by atoms with van der Waals surface area (Å²) in [6.07, 6.45) is -3.69. The Morgan fingerprint density at radius 3 is 2.31 bits per heavy atom. The molecule has 2 fully saturated rings. The Hall–Kier alpha value is -3.34. The Kier molecular flexibility index (Phi) is 4.85. The van der Waals surface area contributed by atoms with Gasteiger partial charge >= 0.3 is 6.08 Å². The summed E-state index contributed by atoms with van der Waals surface area (Å²) in [5.74, 6) is -14.4. The molecule has 0 saturated heterocycles. The van der Waals surface area contributed by atoms with Gasteiger partial charge in [-0.05, 0) is 36.5 Å². The van der Waals surface area contributed by atoms with Gasteiger partial charge in [0, 0.05) is 17.9 Å². The van der Waals surface area contributed by atoms with Gasteiger partial charge in [0.25, 0.3) is 0 Å². The summed E-state index contributed by atoms with van der Waals surface area (Å²) in [4.78, 5) is 62.9. The van der Waals surface area contributed by atoms with E-state index in [1.165, 1.54) is 0 Å². The number of hydrogen-bond donors (Lipinski definition) is 3. The molecule has 168 valence electrons. The number of carbonyl (C=O) groups excluding carboxylic acids is 5. The molecule has 0 aliphatic heterocycles. The first-order chi connectivity index (χ1) is 14.9. The number of fused-ring (bicyclic) bond motifs is 3. The molecule has 32 heavy (non-hydrogen) atoms. The van der Waals surface area contributed by atoms with Gasteiger partial charge in [0.15, 0.2) is 40.5 Å². The molecular weight excluding hydrogens is 435 g/mol. The van der Waals surface area contributed by atoms with Gasteiger partial charge in [0.2, 0.25) is 5.91 Å². The fourth-order valence-electron chi connectivity index (χ4n) is 5.27. The maximum atomic E-state index is 14.1. The number of aliphatic hydroxyl groups is 1. The summed E-state index contributed by atoms with van der Waals surface area (Å²) < 4.78 is 39.8. The molecule has 4 rings (SSSR count). The monoisotopic (exact) mass is 451 g/mol. The lowest BCUT2D eigenvalue weighted by Gasteiger charge is -2.48. The predicted octanol–water partition coefficient (Wildman–Crippen LogP) is 0.862. The van der Waals surface area contributed by atoms with Crippen LogP contribution in [0.1, 0.15) is 34.3 Å². The van der Waals surface area contributed by atoms with Crippen LogP contribution in [-0.4, -0.2) is 44.9 Å². The van der Waals surface area contributed by atoms with Crippen LogP contribution in [0.25, 0.3) is 5.83 Å². The summed E-state index contributed by atoms with van der Waals surface area (Å²) in [7, 11) is 0. The lowest BCUT2D eigenvalue weighted by atomic mass is 9.53. The molecule has 0 bridgehead atoms. The summed E-state index contributed by atoms with van der Waals surface area (Å²) in [5, 5.41) is 21.2. The fourth-order valence-corrected chi connectivity index (χ4v) is 5.27. The van der Waals surface area contributed by atoms with Crippen molar-refractivity contribution in [1.29, 1.82) is 0 Å². The van der Waals surface area contributed by atoms with Gasteiger partial charge in [-0.15, -0.1) is 0 Å². The smallest absolute Gasteiger partial charge is 0.306 e. The van der Waals surface area contributed by atoms with Crippen molar-refractivity contribution in [1.82, 2.24) is 0 Å². The molecule has 11 heteroatoms. The van der Waals surface area contributed by atoms with Crippen molar-refractivity contribution in [2.75, 3.05) is 0 Å². The molecule has 0 aromatic heterocycles. The maximum absolute atomic E-state index is 14.1. The fraction of sp³-hybridized carbons (Fsp3) is 0.381. The summed E-state index contributed by atoms with van der Waals surface area (Å²) in [6, 6.07) is 1.70. The average molecular weight is 451 g/mol. The second-order valence-corrected chi connectivity index (χ2v) is 8.30. The molecule has 2 unspecified atom stereocenters. The van der Waals surface area contributed by atoms with Crippen LogP contribution in [0.5, 0.6) is 5.75 Å². The first-order valence-electron chi connectivity index (χ1n) is 9.64. The van der Waals surface area contributed by atoms with Gasteiger partial charge < -0.3 is 15.9 Å². The van der Waals surface area contributed by atoms with Crippen LogP contribution in [0.2, 0.25) is 0 Å². The minimum absolute atomic E-state index is 0.223. The average Bonchev–Trinajstić information content (AvgIpc) is 2.70. The molecule has 3 aliphatic rings. The lowest BCUT2D eigenvalue weighted by molar-refractivity contribution is -0.175. The van der Waals surface area contributed by atoms with Crippen molar-refractivity contribution < 1.29 is 47.4 Å². The van der Waals surface area contributed by atoms with E-state index in [1.807, 2.05) is 0 Å². The normalized spacial score (nSPS) is 31.5. The second kappa shape index (κ2) is 7.09. The standard InChI is InChI=1S/C21H16F3NO7/c22-15(19(23)24)8-1-2-10(26)13-9(8)4-6-3-7-5-11(27)14(20(25)31)18(30)21(7,32)17(29)12(6)16(13)28/h1-2,6-7,12,14,26,32H,3-5H2,(H2,25,31)/t6-,7+,12?,14?,21+/m1/s1. The van der Waals surface area contributed by atoms with Gasteiger partial charge in [0.05, 0.1) is 11.5 Å². The van der Waals surface area contributed by atoms with Gasteiger partial charge in [-0.2, -0.15) is 8.78 Å². The molecule has 0 heterocycles. The molecule has 1 aromatic rings. The van der Waals surface area contributed by atoms with E-state index in [1.54, 1.807) is 0 Å². The minimum atomic E-state index is -2.81. The second-order valence-electron chi connectivity index (χ2n) is 8.30. The van der Waals surface area contributed by atoms with E-state index < -0.39 is 93.5 Å². The molecule has 1 amide bonds.